The third-order valence-corrected chi connectivity index (χ3v) is 7.31. The number of aliphatic carboxylic acids is 2. The molecule has 0 aromatic heterocycles. The minimum absolute atomic E-state index is 0.176. The molecule has 2 aromatic rings. The zero-order chi connectivity index (χ0) is 23.9. The lowest BCUT2D eigenvalue weighted by Gasteiger charge is -2.30. The van der Waals surface area contributed by atoms with Crippen molar-refractivity contribution in [3.8, 4) is 0 Å². The van der Waals surface area contributed by atoms with Crippen molar-refractivity contribution in [1.29, 1.82) is 0 Å². The maximum absolute atomic E-state index is 9.60. The van der Waals surface area contributed by atoms with Crippen LogP contribution in [0.4, 0.5) is 0 Å². The Morgan fingerprint density at radius 2 is 1.00 bits per heavy atom. The zero-order valence-corrected chi connectivity index (χ0v) is 19.6. The van der Waals surface area contributed by atoms with E-state index in [2.05, 4.69) is 37.4 Å². The van der Waals surface area contributed by atoms with Crippen molar-refractivity contribution >= 4 is 30.9 Å². The molecule has 0 aliphatic carbocycles. The Labute approximate surface area is 185 Å². The van der Waals surface area contributed by atoms with Gasteiger partial charge in [-0.3, -0.25) is 0 Å². The van der Waals surface area contributed by atoms with Crippen LogP contribution in [0.1, 0.15) is 27.7 Å². The highest BCUT2D eigenvalue weighted by Gasteiger charge is 2.41. The summed E-state index contributed by atoms with van der Waals surface area (Å²) in [5, 5.41) is 18.1. The molecule has 0 aliphatic heterocycles. The first-order valence-electron chi connectivity index (χ1n) is 9.78. The van der Waals surface area contributed by atoms with Gasteiger partial charge in [0.05, 0.1) is 0 Å². The van der Waals surface area contributed by atoms with E-state index in [9.17, 15) is 9.59 Å². The van der Waals surface area contributed by atoms with Crippen LogP contribution in [0.3, 0.4) is 0 Å². The molecule has 0 unspecified atom stereocenters. The standard InChI is InChI=1S/C16H20O2Si.2C4H6O2/c1-3-17-19(18-4-2,15-11-7-5-8-12-15)16-13-9-6-10-14-16;2*1-3(2)4(5)6/h5-14H,3-4H2,1-2H3;2*1H2,2H3,(H,5,6). The number of carboxylic acid groups (broad SMARTS) is 2. The Morgan fingerprint density at radius 3 is 1.19 bits per heavy atom. The second-order valence-electron chi connectivity index (χ2n) is 6.39. The van der Waals surface area contributed by atoms with Crippen molar-refractivity contribution in [2.24, 2.45) is 0 Å². The highest BCUT2D eigenvalue weighted by Crippen LogP contribution is 2.09. The van der Waals surface area contributed by atoms with Gasteiger partial charge in [-0.2, -0.15) is 0 Å². The Hall–Kier alpha value is -3.00. The van der Waals surface area contributed by atoms with E-state index < -0.39 is 20.5 Å². The SMILES string of the molecule is C=C(C)C(=O)O.C=C(C)C(=O)O.CCO[Si](OCC)(c1ccccc1)c1ccccc1. The number of carbonyl (C=O) groups is 2. The van der Waals surface area contributed by atoms with Crippen molar-refractivity contribution < 1.29 is 28.7 Å². The van der Waals surface area contributed by atoms with Crippen LogP contribution in [0, 0.1) is 0 Å². The van der Waals surface area contributed by atoms with Crippen LogP contribution in [0.15, 0.2) is 85.0 Å². The monoisotopic (exact) mass is 444 g/mol. The summed E-state index contributed by atoms with van der Waals surface area (Å²) < 4.78 is 12.3. The maximum atomic E-state index is 9.60. The molecule has 0 saturated heterocycles. The summed E-state index contributed by atoms with van der Waals surface area (Å²) in [5.74, 6) is -1.87. The molecule has 6 nitrogen and oxygen atoms in total. The first-order chi connectivity index (χ1) is 14.6. The summed E-state index contributed by atoms with van der Waals surface area (Å²) in [5.41, 5.74) is 0.352. The molecule has 0 heterocycles. The molecule has 31 heavy (non-hydrogen) atoms. The fourth-order valence-corrected chi connectivity index (χ4v) is 5.42. The van der Waals surface area contributed by atoms with Crippen LogP contribution in [0.25, 0.3) is 0 Å². The molecule has 0 radical (unpaired) electrons. The molecular formula is C24H32O6Si. The first kappa shape index (κ1) is 28.0. The van der Waals surface area contributed by atoms with Gasteiger partial charge in [0.25, 0.3) is 0 Å². The Morgan fingerprint density at radius 1 is 0.742 bits per heavy atom. The summed E-state index contributed by atoms with van der Waals surface area (Å²) in [4.78, 5) is 19.2. The van der Waals surface area contributed by atoms with Gasteiger partial charge in [-0.15, -0.1) is 0 Å². The summed E-state index contributed by atoms with van der Waals surface area (Å²) >= 11 is 0. The maximum Gasteiger partial charge on any atom is 0.407 e. The van der Waals surface area contributed by atoms with Gasteiger partial charge in [0.15, 0.2) is 0 Å². The van der Waals surface area contributed by atoms with Crippen LogP contribution in [-0.4, -0.2) is 43.9 Å². The predicted octanol–water partition coefficient (Wildman–Crippen LogP) is 3.61. The van der Waals surface area contributed by atoms with Gasteiger partial charge in [-0.05, 0) is 38.1 Å². The van der Waals surface area contributed by atoms with Gasteiger partial charge in [-0.1, -0.05) is 73.8 Å². The number of hydrogen-bond acceptors (Lipinski definition) is 4. The van der Waals surface area contributed by atoms with Crippen molar-refractivity contribution in [3.05, 3.63) is 85.0 Å². The van der Waals surface area contributed by atoms with Crippen molar-refractivity contribution in [2.75, 3.05) is 13.2 Å². The second-order valence-corrected chi connectivity index (χ2v) is 9.35. The highest BCUT2D eigenvalue weighted by molar-refractivity contribution is 6.92. The first-order valence-corrected chi connectivity index (χ1v) is 11.6. The van der Waals surface area contributed by atoms with E-state index >= 15 is 0 Å². The number of hydrogen-bond donors (Lipinski definition) is 2. The third-order valence-electron chi connectivity index (χ3n) is 3.73. The molecule has 0 saturated carbocycles. The van der Waals surface area contributed by atoms with Gasteiger partial charge in [0, 0.05) is 24.4 Å². The topological polar surface area (TPSA) is 93.1 Å². The molecule has 0 amide bonds. The largest absolute Gasteiger partial charge is 0.478 e. The summed E-state index contributed by atoms with van der Waals surface area (Å²) in [6.07, 6.45) is 0. The van der Waals surface area contributed by atoms with Crippen LogP contribution in [-0.2, 0) is 18.4 Å². The molecule has 0 aliphatic rings. The molecule has 2 N–H and O–H groups in total. The van der Waals surface area contributed by atoms with E-state index in [0.29, 0.717) is 13.2 Å². The molecule has 168 valence electrons. The molecule has 2 aromatic carbocycles. The molecular weight excluding hydrogens is 412 g/mol. The Bertz CT molecular complexity index is 738. The smallest absolute Gasteiger partial charge is 0.407 e. The zero-order valence-electron chi connectivity index (χ0n) is 18.6. The minimum Gasteiger partial charge on any atom is -0.478 e. The number of carboxylic acids is 2. The van der Waals surface area contributed by atoms with E-state index in [1.165, 1.54) is 13.8 Å². The minimum atomic E-state index is -2.55. The van der Waals surface area contributed by atoms with Gasteiger partial charge in [0.2, 0.25) is 0 Å². The van der Waals surface area contributed by atoms with Crippen molar-refractivity contribution in [2.45, 2.75) is 27.7 Å². The molecule has 2 rings (SSSR count). The van der Waals surface area contributed by atoms with E-state index in [0.717, 1.165) is 10.4 Å². The van der Waals surface area contributed by atoms with Crippen molar-refractivity contribution in [3.63, 3.8) is 0 Å². The van der Waals surface area contributed by atoms with Crippen LogP contribution >= 0.6 is 0 Å². The number of benzene rings is 2. The molecule has 0 atom stereocenters. The lowest BCUT2D eigenvalue weighted by molar-refractivity contribution is -0.133. The molecule has 0 spiro atoms. The van der Waals surface area contributed by atoms with Crippen LogP contribution < -0.4 is 10.4 Å². The van der Waals surface area contributed by atoms with E-state index in [1.54, 1.807) is 0 Å². The highest BCUT2D eigenvalue weighted by atomic mass is 28.4. The predicted molar refractivity (Wildman–Crippen MR) is 126 cm³/mol. The number of rotatable bonds is 8. The van der Waals surface area contributed by atoms with Gasteiger partial charge in [-0.25, -0.2) is 9.59 Å². The normalized spacial score (nSPS) is 9.94. The average Bonchev–Trinajstić information content (AvgIpc) is 2.75. The van der Waals surface area contributed by atoms with Crippen molar-refractivity contribution in [1.82, 2.24) is 0 Å². The Balaban J connectivity index is 0.000000620. The fourth-order valence-electron chi connectivity index (χ4n) is 2.26. The average molecular weight is 445 g/mol. The lowest BCUT2D eigenvalue weighted by Crippen LogP contribution is -2.63. The van der Waals surface area contributed by atoms with E-state index in [1.807, 2.05) is 50.2 Å². The Kier molecular flexibility index (Phi) is 13.5. The van der Waals surface area contributed by atoms with E-state index in [-0.39, 0.29) is 11.1 Å². The molecule has 0 bridgehead atoms. The van der Waals surface area contributed by atoms with Crippen LogP contribution in [0.2, 0.25) is 0 Å². The summed E-state index contributed by atoms with van der Waals surface area (Å²) in [7, 11) is -2.55. The summed E-state index contributed by atoms with van der Waals surface area (Å²) in [6.45, 7) is 14.5. The van der Waals surface area contributed by atoms with Gasteiger partial charge >= 0.3 is 20.5 Å². The van der Waals surface area contributed by atoms with Crippen LogP contribution in [0.5, 0.6) is 0 Å². The third kappa shape index (κ3) is 10.0. The van der Waals surface area contributed by atoms with Gasteiger partial charge in [0.1, 0.15) is 0 Å². The molecule has 0 fully saturated rings. The molecule has 7 heteroatoms. The lowest BCUT2D eigenvalue weighted by atomic mass is 10.4. The fraction of sp³-hybridized carbons (Fsp3) is 0.250. The van der Waals surface area contributed by atoms with E-state index in [4.69, 9.17) is 19.1 Å². The van der Waals surface area contributed by atoms with Gasteiger partial charge < -0.3 is 19.1 Å². The summed E-state index contributed by atoms with van der Waals surface area (Å²) in [6, 6.07) is 20.6. The second kappa shape index (κ2) is 14.9. The quantitative estimate of drug-likeness (QED) is 0.477.